The second-order valence-corrected chi connectivity index (χ2v) is 5.47. The third-order valence-corrected chi connectivity index (χ3v) is 2.69. The van der Waals surface area contributed by atoms with Gasteiger partial charge in [-0.2, -0.15) is 0 Å². The van der Waals surface area contributed by atoms with Gasteiger partial charge in [0, 0.05) is 12.1 Å². The van der Waals surface area contributed by atoms with Gasteiger partial charge in [0.1, 0.15) is 11.9 Å². The van der Waals surface area contributed by atoms with Crippen LogP contribution in [0.3, 0.4) is 0 Å². The quantitative estimate of drug-likeness (QED) is 0.868. The van der Waals surface area contributed by atoms with Gasteiger partial charge in [-0.25, -0.2) is 14.3 Å². The van der Waals surface area contributed by atoms with Crippen LogP contribution in [0, 0.1) is 5.92 Å². The van der Waals surface area contributed by atoms with Crippen molar-refractivity contribution in [3.63, 3.8) is 0 Å². The Kier molecular flexibility index (Phi) is 2.88. The van der Waals surface area contributed by atoms with Crippen LogP contribution in [0.25, 0.3) is 0 Å². The molecular weight excluding hydrogens is 236 g/mol. The molecule has 0 aromatic carbocycles. The van der Waals surface area contributed by atoms with Gasteiger partial charge in [0.15, 0.2) is 0 Å². The zero-order valence-corrected chi connectivity index (χ0v) is 10.6. The first kappa shape index (κ1) is 12.6. The van der Waals surface area contributed by atoms with Crippen molar-refractivity contribution in [1.29, 1.82) is 0 Å². The average Bonchev–Trinajstić information content (AvgIpc) is 2.86. The second-order valence-electron chi connectivity index (χ2n) is 5.47. The Morgan fingerprint density at radius 3 is 2.67 bits per heavy atom. The lowest BCUT2D eigenvalue weighted by Gasteiger charge is -2.19. The summed E-state index contributed by atoms with van der Waals surface area (Å²) in [6.45, 7) is 5.35. The van der Waals surface area contributed by atoms with Gasteiger partial charge in [-0.05, 0) is 27.2 Å². The molecule has 18 heavy (non-hydrogen) atoms. The van der Waals surface area contributed by atoms with Gasteiger partial charge < -0.3 is 9.84 Å². The molecule has 0 aliphatic heterocycles. The maximum atomic E-state index is 11.7. The van der Waals surface area contributed by atoms with Gasteiger partial charge in [0.25, 0.3) is 0 Å². The van der Waals surface area contributed by atoms with E-state index in [0.717, 1.165) is 0 Å². The summed E-state index contributed by atoms with van der Waals surface area (Å²) in [5, 5.41) is 8.83. The van der Waals surface area contributed by atoms with E-state index >= 15 is 0 Å². The minimum Gasteiger partial charge on any atom is -0.481 e. The first-order chi connectivity index (χ1) is 8.28. The summed E-state index contributed by atoms with van der Waals surface area (Å²) >= 11 is 0. The minimum absolute atomic E-state index is 0.0776. The zero-order chi connectivity index (χ0) is 13.5. The van der Waals surface area contributed by atoms with E-state index in [2.05, 4.69) is 4.98 Å². The molecule has 0 radical (unpaired) electrons. The summed E-state index contributed by atoms with van der Waals surface area (Å²) < 4.78 is 6.43. The van der Waals surface area contributed by atoms with Gasteiger partial charge in [0.2, 0.25) is 0 Å². The summed E-state index contributed by atoms with van der Waals surface area (Å²) in [7, 11) is 0. The molecule has 1 aromatic heterocycles. The minimum atomic E-state index is -0.813. The molecule has 1 aromatic rings. The maximum Gasteiger partial charge on any atom is 0.419 e. The molecule has 6 heteroatoms. The van der Waals surface area contributed by atoms with Gasteiger partial charge in [0.05, 0.1) is 11.6 Å². The number of aromatic nitrogens is 2. The number of aliphatic carboxylic acids is 1. The molecule has 1 aliphatic rings. The van der Waals surface area contributed by atoms with E-state index < -0.39 is 17.7 Å². The molecule has 1 fully saturated rings. The molecule has 0 spiro atoms. The number of hydrogen-bond acceptors (Lipinski definition) is 4. The third kappa shape index (κ3) is 2.69. The van der Waals surface area contributed by atoms with Crippen LogP contribution in [0.15, 0.2) is 12.5 Å². The number of ether oxygens (including phenoxy) is 1. The number of carbonyl (C=O) groups is 2. The highest BCUT2D eigenvalue weighted by molar-refractivity contribution is 5.75. The standard InChI is InChI=1S/C12H16N2O4/c1-12(2,3)18-11(17)14-5-9(13-6-14)7-4-8(7)10(15)16/h5-8H,4H2,1-3H3,(H,15,16). The SMILES string of the molecule is CC(C)(C)OC(=O)n1cnc(C2CC2C(=O)O)c1. The lowest BCUT2D eigenvalue weighted by atomic mass is 10.2. The summed E-state index contributed by atoms with van der Waals surface area (Å²) in [4.78, 5) is 26.5. The van der Waals surface area contributed by atoms with Gasteiger partial charge in [-0.3, -0.25) is 4.79 Å². The van der Waals surface area contributed by atoms with Gasteiger partial charge in [-0.15, -0.1) is 0 Å². The Labute approximate surface area is 105 Å². The van der Waals surface area contributed by atoms with Crippen LogP contribution in [0.4, 0.5) is 4.79 Å². The molecule has 1 aliphatic carbocycles. The van der Waals surface area contributed by atoms with E-state index in [1.807, 2.05) is 0 Å². The molecule has 1 heterocycles. The Morgan fingerprint density at radius 2 is 2.17 bits per heavy atom. The third-order valence-electron chi connectivity index (χ3n) is 2.69. The number of carboxylic acid groups (broad SMARTS) is 1. The smallest absolute Gasteiger partial charge is 0.419 e. The number of rotatable bonds is 2. The molecule has 2 atom stereocenters. The van der Waals surface area contributed by atoms with Crippen molar-refractivity contribution in [3.8, 4) is 0 Å². The van der Waals surface area contributed by atoms with E-state index in [1.54, 1.807) is 27.0 Å². The molecule has 0 amide bonds. The topological polar surface area (TPSA) is 81.4 Å². The lowest BCUT2D eigenvalue weighted by Crippen LogP contribution is -2.26. The largest absolute Gasteiger partial charge is 0.481 e. The number of carboxylic acids is 1. The lowest BCUT2D eigenvalue weighted by molar-refractivity contribution is -0.138. The Morgan fingerprint density at radius 1 is 1.50 bits per heavy atom. The number of imidazole rings is 1. The van der Waals surface area contributed by atoms with Crippen LogP contribution in [-0.2, 0) is 9.53 Å². The van der Waals surface area contributed by atoms with Crippen LogP contribution >= 0.6 is 0 Å². The molecule has 6 nitrogen and oxygen atoms in total. The molecular formula is C12H16N2O4. The van der Waals surface area contributed by atoms with Crippen molar-refractivity contribution in [2.75, 3.05) is 0 Å². The van der Waals surface area contributed by atoms with Crippen molar-refractivity contribution in [1.82, 2.24) is 9.55 Å². The van der Waals surface area contributed by atoms with Gasteiger partial charge in [-0.1, -0.05) is 0 Å². The van der Waals surface area contributed by atoms with Crippen molar-refractivity contribution < 1.29 is 19.4 Å². The van der Waals surface area contributed by atoms with E-state index in [0.29, 0.717) is 12.1 Å². The van der Waals surface area contributed by atoms with Crippen molar-refractivity contribution >= 4 is 12.1 Å². The highest BCUT2D eigenvalue weighted by Gasteiger charge is 2.45. The molecule has 1 N–H and O–H groups in total. The monoisotopic (exact) mass is 252 g/mol. The van der Waals surface area contributed by atoms with E-state index in [-0.39, 0.29) is 11.8 Å². The van der Waals surface area contributed by atoms with Crippen LogP contribution in [-0.4, -0.2) is 32.3 Å². The maximum absolute atomic E-state index is 11.7. The van der Waals surface area contributed by atoms with Crippen LogP contribution in [0.1, 0.15) is 38.8 Å². The number of hydrogen-bond donors (Lipinski definition) is 1. The summed E-state index contributed by atoms with van der Waals surface area (Å²) in [5.74, 6) is -1.26. The predicted octanol–water partition coefficient (Wildman–Crippen LogP) is 1.85. The van der Waals surface area contributed by atoms with Crippen molar-refractivity contribution in [2.45, 2.75) is 38.7 Å². The Bertz CT molecular complexity index is 487. The highest BCUT2D eigenvalue weighted by Crippen LogP contribution is 2.46. The Hall–Kier alpha value is -1.85. The first-order valence-corrected chi connectivity index (χ1v) is 5.78. The van der Waals surface area contributed by atoms with Crippen molar-refractivity contribution in [2.24, 2.45) is 5.92 Å². The summed E-state index contributed by atoms with van der Waals surface area (Å²) in [5.41, 5.74) is 0.0679. The molecule has 0 saturated heterocycles. The van der Waals surface area contributed by atoms with E-state index in [4.69, 9.17) is 9.84 Å². The van der Waals surface area contributed by atoms with Crippen LogP contribution < -0.4 is 0 Å². The fourth-order valence-electron chi connectivity index (χ4n) is 1.74. The Balaban J connectivity index is 2.03. The van der Waals surface area contributed by atoms with E-state index in [1.165, 1.54) is 10.9 Å². The van der Waals surface area contributed by atoms with Crippen LogP contribution in [0.5, 0.6) is 0 Å². The second kappa shape index (κ2) is 4.12. The number of nitrogens with zero attached hydrogens (tertiary/aromatic N) is 2. The van der Waals surface area contributed by atoms with E-state index in [9.17, 15) is 9.59 Å². The fraction of sp³-hybridized carbons (Fsp3) is 0.583. The molecule has 2 rings (SSSR count). The molecule has 2 unspecified atom stereocenters. The summed E-state index contributed by atoms with van der Waals surface area (Å²) in [6, 6.07) is 0. The van der Waals surface area contributed by atoms with Gasteiger partial charge >= 0.3 is 12.1 Å². The molecule has 0 bridgehead atoms. The predicted molar refractivity (Wildman–Crippen MR) is 62.3 cm³/mol. The zero-order valence-electron chi connectivity index (χ0n) is 10.6. The molecule has 1 saturated carbocycles. The number of carbonyl (C=O) groups excluding carboxylic acids is 1. The van der Waals surface area contributed by atoms with Crippen molar-refractivity contribution in [3.05, 3.63) is 18.2 Å². The average molecular weight is 252 g/mol. The first-order valence-electron chi connectivity index (χ1n) is 5.78. The fourth-order valence-corrected chi connectivity index (χ4v) is 1.74. The molecule has 98 valence electrons. The van der Waals surface area contributed by atoms with Crippen LogP contribution in [0.2, 0.25) is 0 Å². The highest BCUT2D eigenvalue weighted by atomic mass is 16.6. The normalized spacial score (nSPS) is 22.6. The summed E-state index contributed by atoms with van der Waals surface area (Å²) in [6.07, 6.45) is 2.98.